The van der Waals surface area contributed by atoms with Crippen LogP contribution in [0.5, 0.6) is 5.75 Å². The predicted molar refractivity (Wildman–Crippen MR) is 107 cm³/mol. The lowest BCUT2D eigenvalue weighted by atomic mass is 10.1. The highest BCUT2D eigenvalue weighted by Gasteiger charge is 2.13. The minimum atomic E-state index is -0.238. The molecule has 0 saturated heterocycles. The van der Waals surface area contributed by atoms with Crippen LogP contribution >= 0.6 is 23.4 Å². The second kappa shape index (κ2) is 7.46. The monoisotopic (exact) mass is 398 g/mol. The van der Waals surface area contributed by atoms with Crippen LogP contribution in [0.2, 0.25) is 5.02 Å². The normalized spacial score (nSPS) is 11.0. The number of aromatic amines is 1. The van der Waals surface area contributed by atoms with Crippen molar-refractivity contribution in [1.29, 1.82) is 0 Å². The van der Waals surface area contributed by atoms with Gasteiger partial charge in [-0.2, -0.15) is 9.50 Å². The molecule has 6 nitrogen and oxygen atoms in total. The maximum absolute atomic E-state index is 12.5. The zero-order valence-electron chi connectivity index (χ0n) is 14.3. The number of fused-ring (bicyclic) bond motifs is 1. The third-order valence-corrected chi connectivity index (χ3v) is 5.30. The Labute approximate surface area is 164 Å². The van der Waals surface area contributed by atoms with Gasteiger partial charge in [0.1, 0.15) is 5.75 Å². The summed E-state index contributed by atoms with van der Waals surface area (Å²) in [6.07, 6.45) is 0. The summed E-state index contributed by atoms with van der Waals surface area (Å²) in [5.74, 6) is 1.59. The molecular weight excluding hydrogens is 384 g/mol. The van der Waals surface area contributed by atoms with Crippen molar-refractivity contribution in [3.8, 4) is 17.0 Å². The molecule has 4 rings (SSSR count). The number of halogens is 1. The number of hydrogen-bond donors (Lipinski definition) is 1. The Kier molecular flexibility index (Phi) is 4.87. The minimum absolute atomic E-state index is 0.238. The number of benzene rings is 2. The molecule has 2 aromatic heterocycles. The maximum Gasteiger partial charge on any atom is 0.274 e. The Hall–Kier alpha value is -2.77. The fraction of sp³-hybridized carbons (Fsp3) is 0.105. The van der Waals surface area contributed by atoms with E-state index in [9.17, 15) is 4.79 Å². The Morgan fingerprint density at radius 3 is 2.74 bits per heavy atom. The average Bonchev–Trinajstić information content (AvgIpc) is 3.11. The van der Waals surface area contributed by atoms with Gasteiger partial charge in [0.2, 0.25) is 0 Å². The Morgan fingerprint density at radius 1 is 1.15 bits per heavy atom. The van der Waals surface area contributed by atoms with Gasteiger partial charge in [-0.25, -0.2) is 4.98 Å². The maximum atomic E-state index is 12.5. The van der Waals surface area contributed by atoms with E-state index in [1.807, 2.05) is 48.5 Å². The molecule has 0 radical (unpaired) electrons. The molecule has 0 unspecified atom stereocenters. The third kappa shape index (κ3) is 3.56. The van der Waals surface area contributed by atoms with Gasteiger partial charge in [-0.15, -0.1) is 0 Å². The quantitative estimate of drug-likeness (QED) is 0.514. The molecule has 0 bridgehead atoms. The molecule has 0 aliphatic carbocycles. The van der Waals surface area contributed by atoms with Crippen molar-refractivity contribution < 1.29 is 4.74 Å². The van der Waals surface area contributed by atoms with Crippen molar-refractivity contribution in [2.24, 2.45) is 0 Å². The first-order valence-electron chi connectivity index (χ1n) is 8.15. The van der Waals surface area contributed by atoms with Gasteiger partial charge in [0, 0.05) is 22.4 Å². The number of methoxy groups -OCH3 is 1. The number of hydrogen-bond acceptors (Lipinski definition) is 5. The number of nitrogens with zero attached hydrogens (tertiary/aromatic N) is 3. The first-order chi connectivity index (χ1) is 13.2. The van der Waals surface area contributed by atoms with E-state index in [4.69, 9.17) is 16.3 Å². The van der Waals surface area contributed by atoms with Crippen molar-refractivity contribution in [2.75, 3.05) is 7.11 Å². The van der Waals surface area contributed by atoms with Crippen molar-refractivity contribution in [3.63, 3.8) is 0 Å². The molecule has 2 aromatic carbocycles. The van der Waals surface area contributed by atoms with E-state index >= 15 is 0 Å². The largest absolute Gasteiger partial charge is 0.496 e. The van der Waals surface area contributed by atoms with E-state index in [2.05, 4.69) is 15.1 Å². The molecule has 27 heavy (non-hydrogen) atoms. The van der Waals surface area contributed by atoms with Crippen molar-refractivity contribution in [2.45, 2.75) is 10.9 Å². The second-order valence-electron chi connectivity index (χ2n) is 5.72. The highest BCUT2D eigenvalue weighted by atomic mass is 35.5. The topological polar surface area (TPSA) is 72.3 Å². The summed E-state index contributed by atoms with van der Waals surface area (Å²) in [6, 6.07) is 16.5. The van der Waals surface area contributed by atoms with Gasteiger partial charge in [-0.05, 0) is 23.8 Å². The number of nitrogens with one attached hydrogen (secondary N) is 1. The lowest BCUT2D eigenvalue weighted by Crippen LogP contribution is -2.14. The summed E-state index contributed by atoms with van der Waals surface area (Å²) in [4.78, 5) is 21.4. The Balaban J connectivity index is 1.68. The van der Waals surface area contributed by atoms with Crippen LogP contribution < -0.4 is 10.3 Å². The molecule has 0 saturated carbocycles. The zero-order chi connectivity index (χ0) is 18.8. The molecule has 0 aliphatic heterocycles. The van der Waals surface area contributed by atoms with Gasteiger partial charge in [0.15, 0.2) is 5.16 Å². The Morgan fingerprint density at radius 2 is 1.93 bits per heavy atom. The van der Waals surface area contributed by atoms with Gasteiger partial charge in [0.05, 0.1) is 12.8 Å². The van der Waals surface area contributed by atoms with Gasteiger partial charge in [-0.1, -0.05) is 53.7 Å². The fourth-order valence-corrected chi connectivity index (χ4v) is 3.81. The number of para-hydroxylation sites is 1. The smallest absolute Gasteiger partial charge is 0.274 e. The Bertz CT molecular complexity index is 1170. The minimum Gasteiger partial charge on any atom is -0.496 e. The number of aromatic nitrogens is 4. The van der Waals surface area contributed by atoms with E-state index < -0.39 is 0 Å². The van der Waals surface area contributed by atoms with E-state index in [-0.39, 0.29) is 5.56 Å². The van der Waals surface area contributed by atoms with Gasteiger partial charge in [0.25, 0.3) is 11.3 Å². The molecular formula is C19H15ClN4O2S. The van der Waals surface area contributed by atoms with E-state index in [1.54, 1.807) is 7.11 Å². The average molecular weight is 399 g/mol. The van der Waals surface area contributed by atoms with Crippen molar-refractivity contribution in [3.05, 3.63) is 75.5 Å². The molecule has 0 fully saturated rings. The standard InChI is InChI=1S/C19H15ClN4O2S/c1-26-16-9-5-3-7-13(16)15-10-17(25)24-18(21-15)22-19(23-24)27-11-12-6-2-4-8-14(12)20/h2-10H,11H2,1H3,(H,21,22,23). The summed E-state index contributed by atoms with van der Waals surface area (Å²) >= 11 is 7.64. The van der Waals surface area contributed by atoms with Crippen LogP contribution in [0.1, 0.15) is 5.56 Å². The summed E-state index contributed by atoms with van der Waals surface area (Å²) in [5.41, 5.74) is 2.03. The summed E-state index contributed by atoms with van der Waals surface area (Å²) in [6.45, 7) is 0. The molecule has 1 N–H and O–H groups in total. The van der Waals surface area contributed by atoms with Crippen LogP contribution in [-0.4, -0.2) is 26.7 Å². The molecule has 8 heteroatoms. The molecule has 0 atom stereocenters. The van der Waals surface area contributed by atoms with Gasteiger partial charge >= 0.3 is 0 Å². The number of thioether (sulfide) groups is 1. The third-order valence-electron chi connectivity index (χ3n) is 4.02. The van der Waals surface area contributed by atoms with Crippen molar-refractivity contribution in [1.82, 2.24) is 19.6 Å². The number of H-pyrrole nitrogens is 1. The van der Waals surface area contributed by atoms with Gasteiger partial charge < -0.3 is 4.74 Å². The van der Waals surface area contributed by atoms with E-state index in [0.29, 0.717) is 33.2 Å². The summed E-state index contributed by atoms with van der Waals surface area (Å²) in [5, 5.41) is 4.28. The van der Waals surface area contributed by atoms with Crippen LogP contribution in [0.15, 0.2) is 64.5 Å². The summed E-state index contributed by atoms with van der Waals surface area (Å²) in [7, 11) is 1.59. The molecule has 0 aliphatic rings. The lowest BCUT2D eigenvalue weighted by molar-refractivity contribution is 0.416. The van der Waals surface area contributed by atoms with Gasteiger partial charge in [-0.3, -0.25) is 9.89 Å². The number of rotatable bonds is 5. The van der Waals surface area contributed by atoms with Crippen LogP contribution in [0.3, 0.4) is 0 Å². The van der Waals surface area contributed by atoms with E-state index in [1.165, 1.54) is 22.3 Å². The van der Waals surface area contributed by atoms with E-state index in [0.717, 1.165) is 11.1 Å². The predicted octanol–water partition coefficient (Wildman–Crippen LogP) is 4.04. The molecule has 4 aromatic rings. The van der Waals surface area contributed by atoms with Crippen LogP contribution in [-0.2, 0) is 5.75 Å². The molecule has 0 spiro atoms. The SMILES string of the molecule is COc1ccccc1-c1cc(=O)n2[nH]c(SCc3ccccc3Cl)nc2n1. The first kappa shape index (κ1) is 17.6. The van der Waals surface area contributed by atoms with Crippen LogP contribution in [0, 0.1) is 0 Å². The molecule has 0 amide bonds. The summed E-state index contributed by atoms with van der Waals surface area (Å²) < 4.78 is 6.69. The van der Waals surface area contributed by atoms with Crippen LogP contribution in [0.25, 0.3) is 17.0 Å². The fourth-order valence-electron chi connectivity index (χ4n) is 2.68. The highest BCUT2D eigenvalue weighted by molar-refractivity contribution is 7.98. The highest BCUT2D eigenvalue weighted by Crippen LogP contribution is 2.28. The lowest BCUT2D eigenvalue weighted by Gasteiger charge is -2.06. The molecule has 136 valence electrons. The second-order valence-corrected chi connectivity index (χ2v) is 7.10. The van der Waals surface area contributed by atoms with Crippen LogP contribution in [0.4, 0.5) is 0 Å². The van der Waals surface area contributed by atoms with Crippen molar-refractivity contribution >= 4 is 29.1 Å². The first-order valence-corrected chi connectivity index (χ1v) is 9.51. The molecule has 2 heterocycles. The number of ether oxygens (including phenoxy) is 1. The zero-order valence-corrected chi connectivity index (χ0v) is 15.9.